The molecule has 1 N–H and O–H groups in total. The van der Waals surface area contributed by atoms with Crippen molar-refractivity contribution in [2.24, 2.45) is 0 Å². The van der Waals surface area contributed by atoms with E-state index in [0.717, 1.165) is 16.6 Å². The molecule has 0 aliphatic heterocycles. The largest absolute Gasteiger partial charge is 0.493 e. The molecule has 31 heavy (non-hydrogen) atoms. The van der Waals surface area contributed by atoms with E-state index in [4.69, 9.17) is 9.47 Å². The van der Waals surface area contributed by atoms with Gasteiger partial charge in [0.15, 0.2) is 17.0 Å². The third-order valence-electron chi connectivity index (χ3n) is 4.93. The van der Waals surface area contributed by atoms with Gasteiger partial charge in [-0.1, -0.05) is 13.0 Å². The van der Waals surface area contributed by atoms with Crippen molar-refractivity contribution in [3.8, 4) is 11.5 Å². The number of methoxy groups -OCH3 is 2. The maximum absolute atomic E-state index is 13.1. The molecule has 0 fully saturated rings. The molecule has 1 amide bonds. The van der Waals surface area contributed by atoms with Crippen LogP contribution < -0.4 is 26.0 Å². The van der Waals surface area contributed by atoms with E-state index in [2.05, 4.69) is 10.3 Å². The fourth-order valence-corrected chi connectivity index (χ4v) is 3.33. The van der Waals surface area contributed by atoms with Crippen LogP contribution >= 0.6 is 0 Å². The fourth-order valence-electron chi connectivity index (χ4n) is 3.33. The van der Waals surface area contributed by atoms with Gasteiger partial charge in [0.1, 0.15) is 6.54 Å². The van der Waals surface area contributed by atoms with Gasteiger partial charge in [0.05, 0.1) is 19.7 Å². The van der Waals surface area contributed by atoms with Gasteiger partial charge in [-0.15, -0.1) is 0 Å². The highest BCUT2D eigenvalue weighted by molar-refractivity contribution is 5.79. The van der Waals surface area contributed by atoms with E-state index >= 15 is 0 Å². The molecule has 0 radical (unpaired) electrons. The predicted octanol–water partition coefficient (Wildman–Crippen LogP) is 1.34. The Labute approximate surface area is 179 Å². The topological polar surface area (TPSA) is 104 Å². The quantitative estimate of drug-likeness (QED) is 0.554. The van der Waals surface area contributed by atoms with E-state index in [0.29, 0.717) is 30.0 Å². The number of aryl methyl sites for hydroxylation is 1. The molecular formula is C22H26N4O5. The van der Waals surface area contributed by atoms with E-state index in [1.165, 1.54) is 10.8 Å². The Hall–Kier alpha value is -3.62. The summed E-state index contributed by atoms with van der Waals surface area (Å²) in [4.78, 5) is 42.5. The highest BCUT2D eigenvalue weighted by Gasteiger charge is 2.16. The molecule has 2 aromatic heterocycles. The number of aromatic nitrogens is 3. The minimum Gasteiger partial charge on any atom is -0.493 e. The average Bonchev–Trinajstić information content (AvgIpc) is 2.80. The first-order valence-electron chi connectivity index (χ1n) is 10.1. The van der Waals surface area contributed by atoms with Gasteiger partial charge in [-0.05, 0) is 42.7 Å². The van der Waals surface area contributed by atoms with Crippen molar-refractivity contribution in [3.63, 3.8) is 0 Å². The van der Waals surface area contributed by atoms with Gasteiger partial charge in [0, 0.05) is 19.3 Å². The van der Waals surface area contributed by atoms with Crippen LogP contribution in [-0.2, 0) is 24.3 Å². The Morgan fingerprint density at radius 3 is 2.58 bits per heavy atom. The fraction of sp³-hybridized carbons (Fsp3) is 0.364. The average molecular weight is 426 g/mol. The zero-order valence-electron chi connectivity index (χ0n) is 17.9. The number of fused-ring (bicyclic) bond motifs is 1. The van der Waals surface area contributed by atoms with E-state index < -0.39 is 11.2 Å². The SMILES string of the molecule is CCCNC(=O)Cn1c(=O)n(CCc2ccc(OC)c(OC)c2)c(=O)c2ncccc21. The zero-order valence-corrected chi connectivity index (χ0v) is 17.9. The van der Waals surface area contributed by atoms with Crippen molar-refractivity contribution in [1.29, 1.82) is 0 Å². The lowest BCUT2D eigenvalue weighted by molar-refractivity contribution is -0.121. The Kier molecular flexibility index (Phi) is 7.07. The zero-order chi connectivity index (χ0) is 22.4. The molecule has 1 aromatic carbocycles. The number of ether oxygens (including phenoxy) is 2. The van der Waals surface area contributed by atoms with Crippen molar-refractivity contribution >= 4 is 16.9 Å². The Morgan fingerprint density at radius 1 is 1.10 bits per heavy atom. The number of hydrogen-bond donors (Lipinski definition) is 1. The van der Waals surface area contributed by atoms with Crippen molar-refractivity contribution < 1.29 is 14.3 Å². The number of carbonyl (C=O) groups is 1. The minimum absolute atomic E-state index is 0.135. The van der Waals surface area contributed by atoms with Crippen LogP contribution in [0.1, 0.15) is 18.9 Å². The molecule has 0 spiro atoms. The Bertz CT molecular complexity index is 1200. The second-order valence-corrected chi connectivity index (χ2v) is 6.99. The summed E-state index contributed by atoms with van der Waals surface area (Å²) in [5.74, 6) is 0.871. The van der Waals surface area contributed by atoms with Gasteiger partial charge < -0.3 is 14.8 Å². The molecule has 0 bridgehead atoms. The maximum atomic E-state index is 13.1. The molecule has 164 valence electrons. The van der Waals surface area contributed by atoms with Gasteiger partial charge in [-0.25, -0.2) is 9.78 Å². The second-order valence-electron chi connectivity index (χ2n) is 6.99. The van der Waals surface area contributed by atoms with Crippen LogP contribution in [0.15, 0.2) is 46.1 Å². The van der Waals surface area contributed by atoms with Gasteiger partial charge in [0.25, 0.3) is 5.56 Å². The Morgan fingerprint density at radius 2 is 1.87 bits per heavy atom. The summed E-state index contributed by atoms with van der Waals surface area (Å²) in [5, 5.41) is 2.76. The minimum atomic E-state index is -0.544. The summed E-state index contributed by atoms with van der Waals surface area (Å²) >= 11 is 0. The first-order chi connectivity index (χ1) is 15.0. The number of carbonyl (C=O) groups excluding carboxylic acids is 1. The first-order valence-corrected chi connectivity index (χ1v) is 10.1. The molecule has 0 aliphatic rings. The van der Waals surface area contributed by atoms with Crippen molar-refractivity contribution in [2.75, 3.05) is 20.8 Å². The molecular weight excluding hydrogens is 400 g/mol. The molecule has 0 saturated heterocycles. The number of hydrogen-bond acceptors (Lipinski definition) is 6. The first kappa shape index (κ1) is 22.1. The summed E-state index contributed by atoms with van der Waals surface area (Å²) in [6.07, 6.45) is 2.69. The van der Waals surface area contributed by atoms with Crippen molar-refractivity contribution in [2.45, 2.75) is 32.9 Å². The molecule has 0 atom stereocenters. The third-order valence-corrected chi connectivity index (χ3v) is 4.93. The second kappa shape index (κ2) is 9.92. The summed E-state index contributed by atoms with van der Waals surface area (Å²) in [6.45, 7) is 2.41. The van der Waals surface area contributed by atoms with Gasteiger partial charge in [-0.3, -0.25) is 18.7 Å². The molecule has 0 saturated carbocycles. The molecule has 9 heteroatoms. The summed E-state index contributed by atoms with van der Waals surface area (Å²) in [5.41, 5.74) is 0.338. The van der Waals surface area contributed by atoms with Crippen molar-refractivity contribution in [3.05, 3.63) is 62.9 Å². The summed E-state index contributed by atoms with van der Waals surface area (Å²) < 4.78 is 13.0. The lowest BCUT2D eigenvalue weighted by atomic mass is 10.1. The van der Waals surface area contributed by atoms with Crippen LogP contribution in [0.2, 0.25) is 0 Å². The van der Waals surface area contributed by atoms with Crippen molar-refractivity contribution in [1.82, 2.24) is 19.4 Å². The number of pyridine rings is 1. The van der Waals surface area contributed by atoms with Gasteiger partial charge in [0.2, 0.25) is 5.91 Å². The molecule has 9 nitrogen and oxygen atoms in total. The standard InChI is InChI=1S/C22H26N4O5/c1-4-10-23-19(27)14-26-16-6-5-11-24-20(16)21(28)25(22(26)29)12-9-15-7-8-17(30-2)18(13-15)31-3/h5-8,11,13H,4,9-10,12,14H2,1-3H3,(H,23,27). The smallest absolute Gasteiger partial charge is 0.332 e. The van der Waals surface area contributed by atoms with E-state index in [1.807, 2.05) is 13.0 Å². The molecule has 3 aromatic rings. The number of nitrogens with one attached hydrogen (secondary N) is 1. The van der Waals surface area contributed by atoms with Crippen LogP contribution in [0, 0.1) is 0 Å². The number of benzene rings is 1. The summed E-state index contributed by atoms with van der Waals surface area (Å²) in [7, 11) is 3.10. The van der Waals surface area contributed by atoms with Gasteiger partial charge in [-0.2, -0.15) is 0 Å². The number of amides is 1. The number of nitrogens with zero attached hydrogens (tertiary/aromatic N) is 3. The van der Waals surface area contributed by atoms with Gasteiger partial charge >= 0.3 is 5.69 Å². The van der Waals surface area contributed by atoms with E-state index in [1.54, 1.807) is 38.5 Å². The van der Waals surface area contributed by atoms with Crippen LogP contribution in [0.3, 0.4) is 0 Å². The molecule has 2 heterocycles. The van der Waals surface area contributed by atoms with Crippen LogP contribution in [0.25, 0.3) is 11.0 Å². The lowest BCUT2D eigenvalue weighted by Crippen LogP contribution is -2.43. The van der Waals surface area contributed by atoms with Crippen LogP contribution in [0.5, 0.6) is 11.5 Å². The monoisotopic (exact) mass is 426 g/mol. The highest BCUT2D eigenvalue weighted by atomic mass is 16.5. The predicted molar refractivity (Wildman–Crippen MR) is 117 cm³/mol. The summed E-state index contributed by atoms with van der Waals surface area (Å²) in [6, 6.07) is 8.68. The molecule has 0 aliphatic carbocycles. The third kappa shape index (κ3) is 4.76. The highest BCUT2D eigenvalue weighted by Crippen LogP contribution is 2.27. The Balaban J connectivity index is 1.98. The number of rotatable bonds is 9. The van der Waals surface area contributed by atoms with E-state index in [-0.39, 0.29) is 24.5 Å². The van der Waals surface area contributed by atoms with Crippen LogP contribution in [-0.4, -0.2) is 40.8 Å². The lowest BCUT2D eigenvalue weighted by Gasteiger charge is -2.14. The maximum Gasteiger partial charge on any atom is 0.332 e. The molecule has 3 rings (SSSR count). The normalized spacial score (nSPS) is 10.8. The molecule has 0 unspecified atom stereocenters. The van der Waals surface area contributed by atoms with Crippen LogP contribution in [0.4, 0.5) is 0 Å². The van der Waals surface area contributed by atoms with E-state index in [9.17, 15) is 14.4 Å².